The number of carbonyl (C=O) groups is 1. The average Bonchev–Trinajstić information content (AvgIpc) is 2.88. The molecule has 0 atom stereocenters. The monoisotopic (exact) mass is 310 g/mol. The quantitative estimate of drug-likeness (QED) is 0.582. The Balaban J connectivity index is 2.15. The first-order chi connectivity index (χ1) is 10.5. The minimum atomic E-state index is -2.33. The number of hydrogen-bond acceptors (Lipinski definition) is 3. The second-order valence-corrected chi connectivity index (χ2v) is 8.28. The predicted octanol–water partition coefficient (Wildman–Crippen LogP) is 3.74. The summed E-state index contributed by atoms with van der Waals surface area (Å²) in [7, 11) is -2.33. The van der Waals surface area contributed by atoms with Gasteiger partial charge in [0.25, 0.3) is 0 Å². The second-order valence-electron chi connectivity index (χ2n) is 5.73. The zero-order chi connectivity index (χ0) is 15.5. The summed E-state index contributed by atoms with van der Waals surface area (Å²) < 4.78 is 16.3. The first-order valence-electron chi connectivity index (χ1n) is 6.91. The zero-order valence-electron chi connectivity index (χ0n) is 12.2. The van der Waals surface area contributed by atoms with E-state index in [0.29, 0.717) is 16.8 Å². The molecule has 22 heavy (non-hydrogen) atoms. The van der Waals surface area contributed by atoms with Crippen LogP contribution in [0.15, 0.2) is 47.0 Å². The molecule has 1 aliphatic rings. The Morgan fingerprint density at radius 2 is 1.73 bits per heavy atom. The van der Waals surface area contributed by atoms with Gasteiger partial charge in [-0.15, -0.1) is 0 Å². The van der Waals surface area contributed by atoms with Crippen molar-refractivity contribution in [3.05, 3.63) is 53.7 Å². The minimum Gasteiger partial charge on any atom is -0.361 e. The third-order valence-corrected chi connectivity index (χ3v) is 4.46. The Bertz CT molecular complexity index is 1060. The number of aromatic nitrogens is 1. The molecule has 0 unspecified atom stereocenters. The molecule has 3 aromatic rings. The topological polar surface area (TPSA) is 62.3 Å². The maximum Gasteiger partial charge on any atom is 0.196 e. The SMILES string of the molecule is CS(C)(=O)=Nc1cccc2c1C(=O)c1cccc3[nH]cc-2c13. The number of benzene rings is 2. The van der Waals surface area contributed by atoms with Crippen LogP contribution in [0.5, 0.6) is 0 Å². The summed E-state index contributed by atoms with van der Waals surface area (Å²) >= 11 is 0. The van der Waals surface area contributed by atoms with Crippen LogP contribution in [0.25, 0.3) is 22.0 Å². The van der Waals surface area contributed by atoms with Gasteiger partial charge in [-0.05, 0) is 17.7 Å². The van der Waals surface area contributed by atoms with Crippen LogP contribution in [0.2, 0.25) is 0 Å². The number of aromatic amines is 1. The van der Waals surface area contributed by atoms with E-state index in [1.807, 2.05) is 36.5 Å². The lowest BCUT2D eigenvalue weighted by molar-refractivity contribution is 0.104. The van der Waals surface area contributed by atoms with E-state index in [1.165, 1.54) is 0 Å². The van der Waals surface area contributed by atoms with Crippen molar-refractivity contribution in [2.24, 2.45) is 4.36 Å². The number of rotatable bonds is 1. The van der Waals surface area contributed by atoms with Gasteiger partial charge in [-0.3, -0.25) is 4.79 Å². The Morgan fingerprint density at radius 1 is 1.00 bits per heavy atom. The van der Waals surface area contributed by atoms with Crippen molar-refractivity contribution in [2.75, 3.05) is 12.5 Å². The van der Waals surface area contributed by atoms with Gasteiger partial charge in [0.15, 0.2) is 5.78 Å². The smallest absolute Gasteiger partial charge is 0.196 e. The van der Waals surface area contributed by atoms with E-state index in [9.17, 15) is 9.00 Å². The molecule has 2 aromatic carbocycles. The Labute approximate surface area is 128 Å². The molecular formula is C17H14N2O2S. The fourth-order valence-corrected chi connectivity index (χ4v) is 3.66. The molecule has 1 N–H and O–H groups in total. The third-order valence-electron chi connectivity index (χ3n) is 3.83. The summed E-state index contributed by atoms with van der Waals surface area (Å²) in [6.45, 7) is 0. The molecule has 1 aromatic heterocycles. The molecule has 0 saturated carbocycles. The van der Waals surface area contributed by atoms with Gasteiger partial charge in [0.1, 0.15) is 0 Å². The van der Waals surface area contributed by atoms with Gasteiger partial charge in [0, 0.05) is 50.5 Å². The number of ketones is 1. The summed E-state index contributed by atoms with van der Waals surface area (Å²) in [4.78, 5) is 16.1. The minimum absolute atomic E-state index is 0.0595. The van der Waals surface area contributed by atoms with E-state index in [-0.39, 0.29) is 5.78 Å². The van der Waals surface area contributed by atoms with E-state index >= 15 is 0 Å². The summed E-state index contributed by atoms with van der Waals surface area (Å²) in [6.07, 6.45) is 5.06. The van der Waals surface area contributed by atoms with E-state index in [1.54, 1.807) is 18.6 Å². The molecule has 4 rings (SSSR count). The maximum absolute atomic E-state index is 12.9. The van der Waals surface area contributed by atoms with Crippen molar-refractivity contribution in [3.63, 3.8) is 0 Å². The molecule has 1 aliphatic carbocycles. The van der Waals surface area contributed by atoms with Crippen LogP contribution in [0.3, 0.4) is 0 Å². The molecule has 0 spiro atoms. The average molecular weight is 310 g/mol. The van der Waals surface area contributed by atoms with Gasteiger partial charge in [-0.1, -0.05) is 24.3 Å². The number of nitrogens with zero attached hydrogens (tertiary/aromatic N) is 1. The van der Waals surface area contributed by atoms with Gasteiger partial charge in [0.05, 0.1) is 11.3 Å². The van der Waals surface area contributed by atoms with Crippen LogP contribution in [0.4, 0.5) is 5.69 Å². The van der Waals surface area contributed by atoms with Crippen molar-refractivity contribution in [1.29, 1.82) is 0 Å². The van der Waals surface area contributed by atoms with E-state index in [2.05, 4.69) is 9.35 Å². The van der Waals surface area contributed by atoms with Gasteiger partial charge in [-0.2, -0.15) is 4.36 Å². The predicted molar refractivity (Wildman–Crippen MR) is 89.2 cm³/mol. The highest BCUT2D eigenvalue weighted by Gasteiger charge is 2.28. The van der Waals surface area contributed by atoms with Crippen molar-refractivity contribution in [3.8, 4) is 11.1 Å². The molecule has 5 heteroatoms. The molecule has 0 saturated heterocycles. The summed E-state index contributed by atoms with van der Waals surface area (Å²) in [5, 5.41) is 0.950. The van der Waals surface area contributed by atoms with Crippen LogP contribution in [0.1, 0.15) is 15.9 Å². The van der Waals surface area contributed by atoms with Crippen LogP contribution in [-0.2, 0) is 9.73 Å². The molecular weight excluding hydrogens is 296 g/mol. The maximum atomic E-state index is 12.9. The van der Waals surface area contributed by atoms with Gasteiger partial charge < -0.3 is 4.98 Å². The van der Waals surface area contributed by atoms with Gasteiger partial charge >= 0.3 is 0 Å². The lowest BCUT2D eigenvalue weighted by atomic mass is 9.85. The first-order valence-corrected chi connectivity index (χ1v) is 9.24. The molecule has 1 heterocycles. The Hall–Kier alpha value is -2.40. The molecule has 0 fully saturated rings. The molecule has 0 amide bonds. The highest BCUT2D eigenvalue weighted by Crippen LogP contribution is 2.42. The molecule has 4 nitrogen and oxygen atoms in total. The largest absolute Gasteiger partial charge is 0.361 e. The van der Waals surface area contributed by atoms with Crippen molar-refractivity contribution >= 4 is 32.1 Å². The van der Waals surface area contributed by atoms with E-state index < -0.39 is 9.73 Å². The van der Waals surface area contributed by atoms with Gasteiger partial charge in [-0.25, -0.2) is 4.21 Å². The molecule has 110 valence electrons. The first kappa shape index (κ1) is 13.3. The molecule has 0 radical (unpaired) electrons. The molecule has 0 bridgehead atoms. The van der Waals surface area contributed by atoms with Crippen molar-refractivity contribution < 1.29 is 9.00 Å². The Morgan fingerprint density at radius 3 is 2.50 bits per heavy atom. The van der Waals surface area contributed by atoms with Crippen LogP contribution >= 0.6 is 0 Å². The lowest BCUT2D eigenvalue weighted by Gasteiger charge is -2.17. The number of carbonyl (C=O) groups excluding carboxylic acids is 1. The number of hydrogen-bond donors (Lipinski definition) is 1. The van der Waals surface area contributed by atoms with Crippen LogP contribution < -0.4 is 0 Å². The third kappa shape index (κ3) is 1.82. The van der Waals surface area contributed by atoms with Crippen molar-refractivity contribution in [1.82, 2.24) is 4.98 Å². The van der Waals surface area contributed by atoms with E-state index in [0.717, 1.165) is 22.0 Å². The zero-order valence-corrected chi connectivity index (χ0v) is 13.0. The second kappa shape index (κ2) is 4.30. The summed E-state index contributed by atoms with van der Waals surface area (Å²) in [5.74, 6) is -0.0595. The number of H-pyrrole nitrogens is 1. The Kier molecular flexibility index (Phi) is 2.60. The fourth-order valence-electron chi connectivity index (χ4n) is 3.04. The molecule has 0 aliphatic heterocycles. The summed E-state index contributed by atoms with van der Waals surface area (Å²) in [6, 6.07) is 11.2. The number of fused-ring (bicyclic) bond motifs is 2. The summed E-state index contributed by atoms with van der Waals surface area (Å²) in [5.41, 5.74) is 4.50. The van der Waals surface area contributed by atoms with Crippen molar-refractivity contribution in [2.45, 2.75) is 0 Å². The number of nitrogens with one attached hydrogen (secondary N) is 1. The lowest BCUT2D eigenvalue weighted by Crippen LogP contribution is -2.09. The van der Waals surface area contributed by atoms with E-state index in [4.69, 9.17) is 0 Å². The normalized spacial score (nSPS) is 13.3. The van der Waals surface area contributed by atoms with Gasteiger partial charge in [0.2, 0.25) is 0 Å². The highest BCUT2D eigenvalue weighted by atomic mass is 32.2. The van der Waals surface area contributed by atoms with Crippen LogP contribution in [0, 0.1) is 0 Å². The highest BCUT2D eigenvalue weighted by molar-refractivity contribution is 7.92. The van der Waals surface area contributed by atoms with Crippen LogP contribution in [-0.4, -0.2) is 27.5 Å². The standard InChI is InChI=1S/C17H14N2O2S/c1-22(2,21)19-14-8-3-5-10-12-9-18-13-7-4-6-11(15(12)13)17(20)16(10)14/h3-9,18H,1-2H3. The fraction of sp³-hybridized carbons (Fsp3) is 0.118.